The number of carbonyl (C=O) groups is 1. The predicted molar refractivity (Wildman–Crippen MR) is 79.7 cm³/mol. The maximum Gasteiger partial charge on any atom is 0.339 e. The molecule has 0 aliphatic heterocycles. The van der Waals surface area contributed by atoms with Crippen molar-refractivity contribution in [3.63, 3.8) is 0 Å². The van der Waals surface area contributed by atoms with Crippen LogP contribution in [0.2, 0.25) is 0 Å². The van der Waals surface area contributed by atoms with E-state index in [0.29, 0.717) is 29.9 Å². The first-order valence-corrected chi connectivity index (χ1v) is 7.00. The van der Waals surface area contributed by atoms with Crippen LogP contribution < -0.4 is 5.32 Å². The Balaban J connectivity index is 2.12. The fourth-order valence-electron chi connectivity index (χ4n) is 2.08. The number of anilines is 1. The number of carboxylic acids is 1. The van der Waals surface area contributed by atoms with Crippen molar-refractivity contribution in [3.8, 4) is 0 Å². The highest BCUT2D eigenvalue weighted by molar-refractivity contribution is 6.03. The highest BCUT2D eigenvalue weighted by Gasteiger charge is 2.16. The Hall–Kier alpha value is -2.15. The van der Waals surface area contributed by atoms with Crippen molar-refractivity contribution in [1.29, 1.82) is 0 Å². The van der Waals surface area contributed by atoms with Gasteiger partial charge in [0, 0.05) is 33.0 Å². The molecule has 0 radical (unpaired) electrons. The van der Waals surface area contributed by atoms with Crippen LogP contribution in [0.15, 0.2) is 12.4 Å². The van der Waals surface area contributed by atoms with Crippen LogP contribution in [0, 0.1) is 0 Å². The number of aryl methyl sites for hydroxylation is 1. The van der Waals surface area contributed by atoms with Crippen LogP contribution in [0.1, 0.15) is 30.1 Å². The molecular weight excluding hydrogens is 272 g/mol. The average Bonchev–Trinajstić information content (AvgIpc) is 2.84. The van der Waals surface area contributed by atoms with Gasteiger partial charge in [0.2, 0.25) is 0 Å². The van der Waals surface area contributed by atoms with Gasteiger partial charge in [0.25, 0.3) is 0 Å². The zero-order valence-corrected chi connectivity index (χ0v) is 12.3. The van der Waals surface area contributed by atoms with Crippen molar-refractivity contribution >= 4 is 22.7 Å². The standard InChI is InChI=1S/C14H20N4O3/c1-3-6-21-7-4-5-15-12-10-9-17-18(2)13(10)16-8-11(12)14(19)20/h8-9H,3-7H2,1-2H3,(H,15,16)(H,19,20). The summed E-state index contributed by atoms with van der Waals surface area (Å²) >= 11 is 0. The third-order valence-electron chi connectivity index (χ3n) is 3.11. The zero-order valence-electron chi connectivity index (χ0n) is 12.3. The number of rotatable bonds is 8. The van der Waals surface area contributed by atoms with Gasteiger partial charge in [-0.2, -0.15) is 5.10 Å². The highest BCUT2D eigenvalue weighted by Crippen LogP contribution is 2.25. The lowest BCUT2D eigenvalue weighted by atomic mass is 10.2. The number of pyridine rings is 1. The van der Waals surface area contributed by atoms with Crippen molar-refractivity contribution in [1.82, 2.24) is 14.8 Å². The highest BCUT2D eigenvalue weighted by atomic mass is 16.5. The Morgan fingerprint density at radius 3 is 2.95 bits per heavy atom. The molecule has 2 aromatic rings. The molecule has 0 unspecified atom stereocenters. The van der Waals surface area contributed by atoms with Crippen molar-refractivity contribution in [3.05, 3.63) is 18.0 Å². The van der Waals surface area contributed by atoms with Gasteiger partial charge in [0.15, 0.2) is 5.65 Å². The molecule has 2 N–H and O–H groups in total. The number of hydrogen-bond donors (Lipinski definition) is 2. The number of aromatic nitrogens is 3. The second-order valence-corrected chi connectivity index (χ2v) is 4.75. The van der Waals surface area contributed by atoms with Gasteiger partial charge in [0.1, 0.15) is 5.56 Å². The molecule has 0 amide bonds. The summed E-state index contributed by atoms with van der Waals surface area (Å²) in [5, 5.41) is 17.3. The Bertz CT molecular complexity index is 624. The molecule has 0 atom stereocenters. The largest absolute Gasteiger partial charge is 0.478 e. The summed E-state index contributed by atoms with van der Waals surface area (Å²) in [7, 11) is 1.78. The fraction of sp³-hybridized carbons (Fsp3) is 0.500. The number of ether oxygens (including phenoxy) is 1. The van der Waals surface area contributed by atoms with Gasteiger partial charge in [-0.15, -0.1) is 0 Å². The van der Waals surface area contributed by atoms with Gasteiger partial charge in [0.05, 0.1) is 17.3 Å². The number of aromatic carboxylic acids is 1. The van der Waals surface area contributed by atoms with E-state index in [-0.39, 0.29) is 5.56 Å². The molecule has 0 saturated carbocycles. The van der Waals surface area contributed by atoms with Crippen molar-refractivity contribution < 1.29 is 14.6 Å². The van der Waals surface area contributed by atoms with E-state index in [9.17, 15) is 9.90 Å². The topological polar surface area (TPSA) is 89.3 Å². The molecule has 0 aliphatic carbocycles. The fourth-order valence-corrected chi connectivity index (χ4v) is 2.08. The summed E-state index contributed by atoms with van der Waals surface area (Å²) in [5.74, 6) is -1.00. The lowest BCUT2D eigenvalue weighted by molar-refractivity contribution is 0.0697. The van der Waals surface area contributed by atoms with Crippen LogP contribution >= 0.6 is 0 Å². The van der Waals surface area contributed by atoms with Gasteiger partial charge in [-0.1, -0.05) is 6.92 Å². The predicted octanol–water partition coefficient (Wildman–Crippen LogP) is 1.90. The molecule has 0 saturated heterocycles. The second-order valence-electron chi connectivity index (χ2n) is 4.75. The van der Waals surface area contributed by atoms with Crippen molar-refractivity contribution in [2.75, 3.05) is 25.1 Å². The maximum atomic E-state index is 11.3. The summed E-state index contributed by atoms with van der Waals surface area (Å²) in [6, 6.07) is 0. The van der Waals surface area contributed by atoms with Crippen LogP contribution in [-0.2, 0) is 11.8 Å². The van der Waals surface area contributed by atoms with E-state index in [1.165, 1.54) is 6.20 Å². The zero-order chi connectivity index (χ0) is 15.2. The third kappa shape index (κ3) is 3.49. The molecule has 0 bridgehead atoms. The average molecular weight is 292 g/mol. The SMILES string of the molecule is CCCOCCCNc1c(C(=O)O)cnc2c1cnn2C. The number of hydrogen-bond acceptors (Lipinski definition) is 5. The number of fused-ring (bicyclic) bond motifs is 1. The lowest BCUT2D eigenvalue weighted by Crippen LogP contribution is -2.11. The van der Waals surface area contributed by atoms with Crippen LogP contribution in [0.3, 0.4) is 0 Å². The van der Waals surface area contributed by atoms with Gasteiger partial charge in [-0.05, 0) is 12.8 Å². The maximum absolute atomic E-state index is 11.3. The van der Waals surface area contributed by atoms with Gasteiger partial charge < -0.3 is 15.2 Å². The smallest absolute Gasteiger partial charge is 0.339 e. The molecule has 2 rings (SSSR count). The third-order valence-corrected chi connectivity index (χ3v) is 3.11. The Morgan fingerprint density at radius 2 is 2.24 bits per heavy atom. The number of nitrogens with one attached hydrogen (secondary N) is 1. The molecule has 0 aromatic carbocycles. The molecule has 2 heterocycles. The Labute approximate surface area is 122 Å². The molecule has 114 valence electrons. The molecule has 21 heavy (non-hydrogen) atoms. The van der Waals surface area contributed by atoms with E-state index in [1.807, 2.05) is 0 Å². The molecule has 2 aromatic heterocycles. The minimum absolute atomic E-state index is 0.157. The first-order chi connectivity index (χ1) is 10.1. The quantitative estimate of drug-likeness (QED) is 0.722. The molecule has 0 aliphatic rings. The van der Waals surface area contributed by atoms with E-state index < -0.39 is 5.97 Å². The monoisotopic (exact) mass is 292 g/mol. The molecule has 7 nitrogen and oxygen atoms in total. The van der Waals surface area contributed by atoms with Crippen molar-refractivity contribution in [2.24, 2.45) is 7.05 Å². The van der Waals surface area contributed by atoms with Gasteiger partial charge in [-0.25, -0.2) is 9.78 Å². The van der Waals surface area contributed by atoms with Crippen LogP contribution in [0.5, 0.6) is 0 Å². The minimum Gasteiger partial charge on any atom is -0.478 e. The normalized spacial score (nSPS) is 11.0. The summed E-state index contributed by atoms with van der Waals surface area (Å²) in [5.41, 5.74) is 1.38. The summed E-state index contributed by atoms with van der Waals surface area (Å²) in [6.07, 6.45) is 4.80. The van der Waals surface area contributed by atoms with E-state index in [0.717, 1.165) is 19.4 Å². The lowest BCUT2D eigenvalue weighted by Gasteiger charge is -2.10. The Morgan fingerprint density at radius 1 is 1.43 bits per heavy atom. The first kappa shape index (κ1) is 15.2. The van der Waals surface area contributed by atoms with Gasteiger partial charge in [-0.3, -0.25) is 4.68 Å². The Kier molecular flexibility index (Phi) is 5.10. The summed E-state index contributed by atoms with van der Waals surface area (Å²) in [6.45, 7) is 4.11. The molecule has 0 spiro atoms. The summed E-state index contributed by atoms with van der Waals surface area (Å²) in [4.78, 5) is 15.5. The minimum atomic E-state index is -1.00. The molecule has 7 heteroatoms. The second kappa shape index (κ2) is 7.03. The van der Waals surface area contributed by atoms with Gasteiger partial charge >= 0.3 is 5.97 Å². The van der Waals surface area contributed by atoms with Crippen LogP contribution in [0.25, 0.3) is 11.0 Å². The number of nitrogens with zero attached hydrogens (tertiary/aromatic N) is 3. The molecule has 0 fully saturated rings. The van der Waals surface area contributed by atoms with E-state index in [1.54, 1.807) is 17.9 Å². The summed E-state index contributed by atoms with van der Waals surface area (Å²) < 4.78 is 7.03. The van der Waals surface area contributed by atoms with Crippen LogP contribution in [-0.4, -0.2) is 45.6 Å². The van der Waals surface area contributed by atoms with Crippen LogP contribution in [0.4, 0.5) is 5.69 Å². The first-order valence-electron chi connectivity index (χ1n) is 7.00. The van der Waals surface area contributed by atoms with E-state index >= 15 is 0 Å². The number of carboxylic acid groups (broad SMARTS) is 1. The molecular formula is C14H20N4O3. The van der Waals surface area contributed by atoms with E-state index in [2.05, 4.69) is 22.3 Å². The van der Waals surface area contributed by atoms with E-state index in [4.69, 9.17) is 4.74 Å². The van der Waals surface area contributed by atoms with Crippen molar-refractivity contribution in [2.45, 2.75) is 19.8 Å².